The highest BCUT2D eigenvalue weighted by atomic mass is 19.1. The standard InChI is InChI=1S/C33H44FN3O4/c1-2-16-37(33(40)41-23-24-10-12-27(34)13-11-24)28-14-18-35(19-15-28)22-26-20-29(36-17-6-9-31(36)32(38)39)21-30(26)25-7-4-3-5-8-25/h3-5,7-8,10-13,26,28-31H,2,6,9,14-23H2,1H3,(H,38,39)/t26-,29?,30-,31-/m1/s1. The Bertz CT molecular complexity index is 1140. The average Bonchev–Trinajstić information content (AvgIpc) is 3.64. The molecular weight excluding hydrogens is 521 g/mol. The number of hydrogen-bond donors (Lipinski definition) is 1. The number of amides is 1. The van der Waals surface area contributed by atoms with Gasteiger partial charge < -0.3 is 19.6 Å². The number of halogens is 1. The first-order chi connectivity index (χ1) is 19.9. The molecule has 1 amide bonds. The van der Waals surface area contributed by atoms with Crippen molar-refractivity contribution in [2.24, 2.45) is 5.92 Å². The van der Waals surface area contributed by atoms with Gasteiger partial charge in [-0.1, -0.05) is 49.4 Å². The number of ether oxygens (including phenoxy) is 1. The molecule has 222 valence electrons. The highest BCUT2D eigenvalue weighted by molar-refractivity contribution is 5.73. The predicted molar refractivity (Wildman–Crippen MR) is 156 cm³/mol. The van der Waals surface area contributed by atoms with Crippen LogP contribution in [0.4, 0.5) is 9.18 Å². The number of carboxylic acid groups (broad SMARTS) is 1. The first-order valence-corrected chi connectivity index (χ1v) is 15.4. The van der Waals surface area contributed by atoms with E-state index < -0.39 is 5.97 Å². The van der Waals surface area contributed by atoms with Gasteiger partial charge in [-0.15, -0.1) is 0 Å². The average molecular weight is 566 g/mol. The Labute approximate surface area is 243 Å². The molecule has 2 aliphatic heterocycles. The summed E-state index contributed by atoms with van der Waals surface area (Å²) in [6.07, 6.45) is 6.14. The molecule has 1 N–H and O–H groups in total. The fourth-order valence-electron chi connectivity index (χ4n) is 7.39. The molecule has 0 bridgehead atoms. The van der Waals surface area contributed by atoms with E-state index in [0.29, 0.717) is 24.4 Å². The molecule has 2 saturated heterocycles. The van der Waals surface area contributed by atoms with Crippen molar-refractivity contribution in [2.45, 2.75) is 82.5 Å². The summed E-state index contributed by atoms with van der Waals surface area (Å²) < 4.78 is 18.8. The third kappa shape index (κ3) is 7.28. The van der Waals surface area contributed by atoms with Gasteiger partial charge in [-0.3, -0.25) is 9.69 Å². The van der Waals surface area contributed by atoms with Gasteiger partial charge in [0.15, 0.2) is 0 Å². The molecule has 7 nitrogen and oxygen atoms in total. The lowest BCUT2D eigenvalue weighted by molar-refractivity contribution is -0.142. The number of piperidine rings is 1. The lowest BCUT2D eigenvalue weighted by atomic mass is 9.88. The number of carboxylic acids is 1. The van der Waals surface area contributed by atoms with E-state index >= 15 is 0 Å². The van der Waals surface area contributed by atoms with Crippen LogP contribution in [0.1, 0.15) is 68.9 Å². The molecule has 41 heavy (non-hydrogen) atoms. The molecule has 1 saturated carbocycles. The van der Waals surface area contributed by atoms with Crippen LogP contribution < -0.4 is 0 Å². The second-order valence-corrected chi connectivity index (χ2v) is 12.0. The Hall–Kier alpha value is -2.97. The smallest absolute Gasteiger partial charge is 0.410 e. The van der Waals surface area contributed by atoms with Crippen molar-refractivity contribution in [3.8, 4) is 0 Å². The second kappa shape index (κ2) is 13.8. The van der Waals surface area contributed by atoms with Crippen molar-refractivity contribution < 1.29 is 23.8 Å². The topological polar surface area (TPSA) is 73.3 Å². The Morgan fingerprint density at radius 2 is 1.73 bits per heavy atom. The highest BCUT2D eigenvalue weighted by Gasteiger charge is 2.44. The number of aliphatic carboxylic acids is 1. The van der Waals surface area contributed by atoms with E-state index in [1.54, 1.807) is 12.1 Å². The molecule has 1 aliphatic carbocycles. The molecular formula is C33H44FN3O4. The summed E-state index contributed by atoms with van der Waals surface area (Å²) in [6.45, 7) is 6.61. The maximum Gasteiger partial charge on any atom is 0.410 e. The van der Waals surface area contributed by atoms with Gasteiger partial charge >= 0.3 is 12.1 Å². The van der Waals surface area contributed by atoms with Gasteiger partial charge in [0.2, 0.25) is 0 Å². The minimum Gasteiger partial charge on any atom is -0.480 e. The minimum atomic E-state index is -0.683. The van der Waals surface area contributed by atoms with Crippen molar-refractivity contribution in [3.05, 3.63) is 71.5 Å². The van der Waals surface area contributed by atoms with E-state index in [1.807, 2.05) is 4.90 Å². The maximum atomic E-state index is 13.2. The van der Waals surface area contributed by atoms with Gasteiger partial charge in [-0.2, -0.15) is 0 Å². The van der Waals surface area contributed by atoms with E-state index in [2.05, 4.69) is 47.1 Å². The zero-order chi connectivity index (χ0) is 28.8. The number of benzene rings is 2. The lowest BCUT2D eigenvalue weighted by Gasteiger charge is -2.39. The van der Waals surface area contributed by atoms with Crippen LogP contribution in [0.2, 0.25) is 0 Å². The van der Waals surface area contributed by atoms with E-state index in [4.69, 9.17) is 4.74 Å². The summed E-state index contributed by atoms with van der Waals surface area (Å²) in [4.78, 5) is 31.7. The Morgan fingerprint density at radius 1 is 1.00 bits per heavy atom. The molecule has 0 spiro atoms. The molecule has 8 heteroatoms. The third-order valence-corrected chi connectivity index (χ3v) is 9.41. The van der Waals surface area contributed by atoms with E-state index in [1.165, 1.54) is 17.7 Å². The number of hydrogen-bond acceptors (Lipinski definition) is 5. The number of carbonyl (C=O) groups is 2. The predicted octanol–water partition coefficient (Wildman–Crippen LogP) is 5.75. The molecule has 2 aromatic rings. The molecule has 0 aromatic heterocycles. The maximum absolute atomic E-state index is 13.2. The number of likely N-dealkylation sites (tertiary alicyclic amines) is 2. The lowest BCUT2D eigenvalue weighted by Crippen LogP contribution is -2.48. The summed E-state index contributed by atoms with van der Waals surface area (Å²) >= 11 is 0. The van der Waals surface area contributed by atoms with Crippen LogP contribution in [0.5, 0.6) is 0 Å². The fraction of sp³-hybridized carbons (Fsp3) is 0.576. The quantitative estimate of drug-likeness (QED) is 0.396. The van der Waals surface area contributed by atoms with Gasteiger partial charge in [0, 0.05) is 38.3 Å². The van der Waals surface area contributed by atoms with Crippen LogP contribution in [-0.4, -0.2) is 82.7 Å². The summed E-state index contributed by atoms with van der Waals surface area (Å²) in [5, 5.41) is 9.80. The van der Waals surface area contributed by atoms with Gasteiger partial charge in [-0.05, 0) is 86.6 Å². The van der Waals surface area contributed by atoms with Crippen molar-refractivity contribution in [1.82, 2.24) is 14.7 Å². The molecule has 3 aliphatic rings. The zero-order valence-electron chi connectivity index (χ0n) is 24.2. The number of nitrogens with zero attached hydrogens (tertiary/aromatic N) is 3. The number of carbonyl (C=O) groups excluding carboxylic acids is 1. The van der Waals surface area contributed by atoms with Gasteiger partial charge in [-0.25, -0.2) is 9.18 Å². The van der Waals surface area contributed by atoms with E-state index in [-0.39, 0.29) is 30.6 Å². The van der Waals surface area contributed by atoms with Crippen LogP contribution in [0.15, 0.2) is 54.6 Å². The molecule has 1 unspecified atom stereocenters. The normalized spacial score (nSPS) is 25.8. The minimum absolute atomic E-state index is 0.141. The second-order valence-electron chi connectivity index (χ2n) is 12.0. The van der Waals surface area contributed by atoms with Gasteiger partial charge in [0.05, 0.1) is 0 Å². The molecule has 2 heterocycles. The van der Waals surface area contributed by atoms with Gasteiger partial charge in [0.1, 0.15) is 18.5 Å². The third-order valence-electron chi connectivity index (χ3n) is 9.41. The molecule has 5 rings (SSSR count). The molecule has 4 atom stereocenters. The largest absolute Gasteiger partial charge is 0.480 e. The first kappa shape index (κ1) is 29.5. The van der Waals surface area contributed by atoms with Crippen LogP contribution in [-0.2, 0) is 16.1 Å². The Kier molecular flexibility index (Phi) is 9.93. The van der Waals surface area contributed by atoms with Crippen LogP contribution in [0.25, 0.3) is 0 Å². The van der Waals surface area contributed by atoms with Crippen molar-refractivity contribution in [2.75, 3.05) is 32.7 Å². The fourth-order valence-corrected chi connectivity index (χ4v) is 7.39. The number of rotatable bonds is 10. The van der Waals surface area contributed by atoms with Crippen molar-refractivity contribution in [3.63, 3.8) is 0 Å². The van der Waals surface area contributed by atoms with Crippen molar-refractivity contribution >= 4 is 12.1 Å². The molecule has 0 radical (unpaired) electrons. The molecule has 3 fully saturated rings. The SMILES string of the molecule is CCCN(C(=O)OCc1ccc(F)cc1)C1CCN(C[C@H]2CC(N3CCC[C@@H]3C(=O)O)C[C@@H]2c2ccccc2)CC1. The van der Waals surface area contributed by atoms with Crippen LogP contribution in [0, 0.1) is 11.7 Å². The molecule has 2 aromatic carbocycles. The van der Waals surface area contributed by atoms with Crippen LogP contribution in [0.3, 0.4) is 0 Å². The summed E-state index contributed by atoms with van der Waals surface area (Å²) in [5.74, 6) is -0.0892. The van der Waals surface area contributed by atoms with Crippen molar-refractivity contribution in [1.29, 1.82) is 0 Å². The Balaban J connectivity index is 1.18. The van der Waals surface area contributed by atoms with E-state index in [9.17, 15) is 19.1 Å². The summed E-state index contributed by atoms with van der Waals surface area (Å²) in [6, 6.07) is 16.9. The summed E-state index contributed by atoms with van der Waals surface area (Å²) in [7, 11) is 0. The Morgan fingerprint density at radius 3 is 2.41 bits per heavy atom. The monoisotopic (exact) mass is 565 g/mol. The first-order valence-electron chi connectivity index (χ1n) is 15.4. The van der Waals surface area contributed by atoms with Gasteiger partial charge in [0.25, 0.3) is 0 Å². The zero-order valence-corrected chi connectivity index (χ0v) is 24.2. The van der Waals surface area contributed by atoms with Crippen LogP contribution >= 0.6 is 0 Å². The highest BCUT2D eigenvalue weighted by Crippen LogP contribution is 2.44. The summed E-state index contributed by atoms with van der Waals surface area (Å²) in [5.41, 5.74) is 2.14. The van der Waals surface area contributed by atoms with E-state index in [0.717, 1.165) is 76.7 Å².